The molecule has 1 N–H and O–H groups in total. The van der Waals surface area contributed by atoms with E-state index in [0.717, 1.165) is 13.0 Å². The summed E-state index contributed by atoms with van der Waals surface area (Å²) in [6, 6.07) is 16.0. The van der Waals surface area contributed by atoms with Crippen LogP contribution in [-0.4, -0.2) is 12.6 Å². The molecule has 0 aliphatic carbocycles. The van der Waals surface area contributed by atoms with E-state index in [9.17, 15) is 0 Å². The molecule has 2 rings (SSSR count). The number of hydrogen-bond acceptors (Lipinski definition) is 2. The van der Waals surface area contributed by atoms with E-state index >= 15 is 0 Å². The quantitative estimate of drug-likeness (QED) is 0.698. The van der Waals surface area contributed by atoms with Gasteiger partial charge in [-0.15, -0.1) is 11.3 Å². The fraction of sp³-hybridized carbons (Fsp3) is 0.474. The first-order chi connectivity index (χ1) is 10.3. The van der Waals surface area contributed by atoms with Gasteiger partial charge in [-0.3, -0.25) is 0 Å². The van der Waals surface area contributed by atoms with Gasteiger partial charge >= 0.3 is 0 Å². The SMILES string of the molecule is CCNC(CCCc1ccccc1)Cc1ccc(CC)s1. The average molecular weight is 301 g/mol. The van der Waals surface area contributed by atoms with Gasteiger partial charge in [0.15, 0.2) is 0 Å². The van der Waals surface area contributed by atoms with Crippen LogP contribution in [0.1, 0.15) is 42.0 Å². The van der Waals surface area contributed by atoms with Crippen molar-refractivity contribution in [2.75, 3.05) is 6.54 Å². The Balaban J connectivity index is 1.81. The van der Waals surface area contributed by atoms with Crippen LogP contribution in [0.2, 0.25) is 0 Å². The molecule has 1 aromatic heterocycles. The van der Waals surface area contributed by atoms with Crippen molar-refractivity contribution in [3.8, 4) is 0 Å². The van der Waals surface area contributed by atoms with Gasteiger partial charge in [0.2, 0.25) is 0 Å². The molecule has 0 saturated carbocycles. The van der Waals surface area contributed by atoms with Crippen LogP contribution in [0.3, 0.4) is 0 Å². The molecule has 0 aliphatic rings. The largest absolute Gasteiger partial charge is 0.314 e. The second kappa shape index (κ2) is 9.01. The predicted molar refractivity (Wildman–Crippen MR) is 94.2 cm³/mol. The molecule has 1 nitrogen and oxygen atoms in total. The zero-order chi connectivity index (χ0) is 14.9. The maximum atomic E-state index is 3.65. The third kappa shape index (κ3) is 5.64. The summed E-state index contributed by atoms with van der Waals surface area (Å²) in [4.78, 5) is 3.03. The van der Waals surface area contributed by atoms with E-state index in [0.29, 0.717) is 6.04 Å². The molecule has 1 heterocycles. The van der Waals surface area contributed by atoms with Crippen molar-refractivity contribution < 1.29 is 0 Å². The Kier molecular flexibility index (Phi) is 6.98. The summed E-state index contributed by atoms with van der Waals surface area (Å²) >= 11 is 1.98. The van der Waals surface area contributed by atoms with Crippen LogP contribution in [0.25, 0.3) is 0 Å². The second-order valence-corrected chi connectivity index (χ2v) is 6.81. The number of thiophene rings is 1. The lowest BCUT2D eigenvalue weighted by Gasteiger charge is -2.17. The first-order valence-electron chi connectivity index (χ1n) is 8.16. The highest BCUT2D eigenvalue weighted by atomic mass is 32.1. The molecule has 0 saturated heterocycles. The zero-order valence-corrected chi connectivity index (χ0v) is 14.1. The third-order valence-electron chi connectivity index (χ3n) is 3.87. The molecular weight excluding hydrogens is 274 g/mol. The summed E-state index contributed by atoms with van der Waals surface area (Å²) in [6.45, 7) is 5.50. The lowest BCUT2D eigenvalue weighted by Crippen LogP contribution is -2.30. The van der Waals surface area contributed by atoms with E-state index in [4.69, 9.17) is 0 Å². The number of benzene rings is 1. The molecular formula is C19H27NS. The summed E-state index contributed by atoms with van der Waals surface area (Å²) in [6.07, 6.45) is 6.03. The molecule has 0 fully saturated rings. The number of aryl methyl sites for hydroxylation is 2. The lowest BCUT2D eigenvalue weighted by molar-refractivity contribution is 0.479. The smallest absolute Gasteiger partial charge is 0.0115 e. The van der Waals surface area contributed by atoms with Crippen LogP contribution in [0.15, 0.2) is 42.5 Å². The zero-order valence-electron chi connectivity index (χ0n) is 13.3. The van der Waals surface area contributed by atoms with Crippen LogP contribution in [0, 0.1) is 0 Å². The van der Waals surface area contributed by atoms with Crippen LogP contribution < -0.4 is 5.32 Å². The molecule has 1 aromatic carbocycles. The van der Waals surface area contributed by atoms with Crippen molar-refractivity contribution in [1.82, 2.24) is 5.32 Å². The Hall–Kier alpha value is -1.12. The van der Waals surface area contributed by atoms with Gasteiger partial charge in [-0.05, 0) is 56.3 Å². The summed E-state index contributed by atoms with van der Waals surface area (Å²) in [5, 5.41) is 3.65. The van der Waals surface area contributed by atoms with Crippen LogP contribution in [0.4, 0.5) is 0 Å². The molecule has 2 aromatic rings. The molecule has 0 spiro atoms. The Morgan fingerprint density at radius 3 is 2.43 bits per heavy atom. The maximum Gasteiger partial charge on any atom is 0.0115 e. The Bertz CT molecular complexity index is 503. The molecule has 2 heteroatoms. The van der Waals surface area contributed by atoms with Gasteiger partial charge < -0.3 is 5.32 Å². The topological polar surface area (TPSA) is 12.0 Å². The highest BCUT2D eigenvalue weighted by molar-refractivity contribution is 7.11. The summed E-state index contributed by atoms with van der Waals surface area (Å²) < 4.78 is 0. The summed E-state index contributed by atoms with van der Waals surface area (Å²) in [5.74, 6) is 0. The van der Waals surface area contributed by atoms with E-state index in [1.54, 1.807) is 0 Å². The van der Waals surface area contributed by atoms with Gasteiger partial charge in [0.05, 0.1) is 0 Å². The van der Waals surface area contributed by atoms with Gasteiger partial charge in [0.1, 0.15) is 0 Å². The van der Waals surface area contributed by atoms with E-state index in [1.165, 1.54) is 41.0 Å². The van der Waals surface area contributed by atoms with Crippen LogP contribution >= 0.6 is 11.3 Å². The van der Waals surface area contributed by atoms with Crippen molar-refractivity contribution in [1.29, 1.82) is 0 Å². The van der Waals surface area contributed by atoms with Crippen molar-refractivity contribution in [2.24, 2.45) is 0 Å². The van der Waals surface area contributed by atoms with Gasteiger partial charge in [0.25, 0.3) is 0 Å². The van der Waals surface area contributed by atoms with Crippen LogP contribution in [-0.2, 0) is 19.3 Å². The maximum absolute atomic E-state index is 3.65. The molecule has 0 amide bonds. The molecule has 0 aliphatic heterocycles. The third-order valence-corrected chi connectivity index (χ3v) is 5.12. The van der Waals surface area contributed by atoms with Crippen molar-refractivity contribution in [2.45, 2.75) is 52.0 Å². The van der Waals surface area contributed by atoms with Crippen molar-refractivity contribution in [3.63, 3.8) is 0 Å². The highest BCUT2D eigenvalue weighted by Crippen LogP contribution is 2.20. The molecule has 0 bridgehead atoms. The molecule has 1 atom stereocenters. The van der Waals surface area contributed by atoms with Gasteiger partial charge in [-0.1, -0.05) is 44.2 Å². The van der Waals surface area contributed by atoms with Gasteiger partial charge in [-0.25, -0.2) is 0 Å². The highest BCUT2D eigenvalue weighted by Gasteiger charge is 2.10. The van der Waals surface area contributed by atoms with Gasteiger partial charge in [-0.2, -0.15) is 0 Å². The number of likely N-dealkylation sites (N-methyl/N-ethyl adjacent to an activating group) is 1. The van der Waals surface area contributed by atoms with E-state index in [-0.39, 0.29) is 0 Å². The van der Waals surface area contributed by atoms with Gasteiger partial charge in [0, 0.05) is 15.8 Å². The number of rotatable bonds is 9. The van der Waals surface area contributed by atoms with Crippen LogP contribution in [0.5, 0.6) is 0 Å². The normalized spacial score (nSPS) is 12.5. The second-order valence-electron chi connectivity index (χ2n) is 5.56. The fourth-order valence-corrected chi connectivity index (χ4v) is 3.76. The lowest BCUT2D eigenvalue weighted by atomic mass is 10.0. The first kappa shape index (κ1) is 16.3. The van der Waals surface area contributed by atoms with Crippen molar-refractivity contribution >= 4 is 11.3 Å². The Labute approximate surface area is 133 Å². The summed E-state index contributed by atoms with van der Waals surface area (Å²) in [7, 11) is 0. The molecule has 1 unspecified atom stereocenters. The van der Waals surface area contributed by atoms with E-state index in [1.807, 2.05) is 11.3 Å². The molecule has 0 radical (unpaired) electrons. The predicted octanol–water partition coefficient (Wildman–Crippen LogP) is 4.85. The van der Waals surface area contributed by atoms with Crippen molar-refractivity contribution in [3.05, 3.63) is 57.8 Å². The fourth-order valence-electron chi connectivity index (χ4n) is 2.73. The Morgan fingerprint density at radius 1 is 1.00 bits per heavy atom. The van der Waals surface area contributed by atoms with E-state index < -0.39 is 0 Å². The number of hydrogen-bond donors (Lipinski definition) is 1. The monoisotopic (exact) mass is 301 g/mol. The summed E-state index contributed by atoms with van der Waals surface area (Å²) in [5.41, 5.74) is 1.46. The number of nitrogens with one attached hydrogen (secondary N) is 1. The van der Waals surface area contributed by atoms with E-state index in [2.05, 4.69) is 61.6 Å². The minimum Gasteiger partial charge on any atom is -0.314 e. The average Bonchev–Trinajstić information content (AvgIpc) is 2.96. The minimum atomic E-state index is 0.613. The Morgan fingerprint density at radius 2 is 1.76 bits per heavy atom. The minimum absolute atomic E-state index is 0.613. The standard InChI is InChI=1S/C19H27NS/c1-3-18-13-14-19(21-18)15-17(20-4-2)12-8-11-16-9-6-5-7-10-16/h5-7,9-10,13-14,17,20H,3-4,8,11-12,15H2,1-2H3. The first-order valence-corrected chi connectivity index (χ1v) is 8.98. The molecule has 21 heavy (non-hydrogen) atoms. The molecule has 114 valence electrons.